The van der Waals surface area contributed by atoms with Crippen molar-refractivity contribution >= 4 is 5.69 Å². The number of aromatic nitrogens is 1. The van der Waals surface area contributed by atoms with Gasteiger partial charge in [0.15, 0.2) is 0 Å². The fraction of sp³-hybridized carbons (Fsp3) is 0.706. The van der Waals surface area contributed by atoms with Crippen molar-refractivity contribution in [2.75, 3.05) is 37.6 Å². The Balaban J connectivity index is 1.96. The van der Waals surface area contributed by atoms with Gasteiger partial charge in [0, 0.05) is 62.4 Å². The van der Waals surface area contributed by atoms with Gasteiger partial charge in [-0.1, -0.05) is 13.8 Å². The zero-order valence-corrected chi connectivity index (χ0v) is 13.8. The van der Waals surface area contributed by atoms with Gasteiger partial charge >= 0.3 is 0 Å². The quantitative estimate of drug-likeness (QED) is 0.782. The first-order valence-electron chi connectivity index (χ1n) is 8.38. The Morgan fingerprint density at radius 2 is 2.00 bits per heavy atom. The number of anilines is 1. The highest BCUT2D eigenvalue weighted by Crippen LogP contribution is 2.21. The van der Waals surface area contributed by atoms with E-state index < -0.39 is 0 Å². The van der Waals surface area contributed by atoms with Gasteiger partial charge in [0.25, 0.3) is 0 Å². The van der Waals surface area contributed by atoms with E-state index in [4.69, 9.17) is 0 Å². The van der Waals surface area contributed by atoms with Gasteiger partial charge in [0.05, 0.1) is 0 Å². The molecule has 1 aromatic rings. The third kappa shape index (κ3) is 4.42. The minimum Gasteiger partial charge on any atom is -0.369 e. The molecular weight excluding hydrogens is 260 g/mol. The van der Waals surface area contributed by atoms with Crippen LogP contribution in [0.3, 0.4) is 0 Å². The molecule has 1 aliphatic heterocycles. The molecule has 21 heavy (non-hydrogen) atoms. The standard InChI is InChI=1S/C17H30N4/c1-4-7-18-13-16-14-19-8-6-17(16)21-11-9-20(10-12-21)15(3)5-2/h6,8,14-15,18H,4-5,7,9-13H2,1-3H3. The van der Waals surface area contributed by atoms with E-state index in [9.17, 15) is 0 Å². The predicted molar refractivity (Wildman–Crippen MR) is 89.8 cm³/mol. The monoisotopic (exact) mass is 290 g/mol. The van der Waals surface area contributed by atoms with Crippen LogP contribution in [-0.4, -0.2) is 48.6 Å². The van der Waals surface area contributed by atoms with Crippen LogP contribution in [0.4, 0.5) is 5.69 Å². The molecule has 4 heteroatoms. The van der Waals surface area contributed by atoms with Crippen LogP contribution in [-0.2, 0) is 6.54 Å². The molecule has 1 saturated heterocycles. The zero-order chi connectivity index (χ0) is 15.1. The van der Waals surface area contributed by atoms with E-state index in [0.29, 0.717) is 6.04 Å². The first-order valence-corrected chi connectivity index (χ1v) is 8.38. The summed E-state index contributed by atoms with van der Waals surface area (Å²) in [4.78, 5) is 9.42. The Morgan fingerprint density at radius 1 is 1.24 bits per heavy atom. The van der Waals surface area contributed by atoms with E-state index in [1.54, 1.807) is 0 Å². The number of hydrogen-bond donors (Lipinski definition) is 1. The second kappa shape index (κ2) is 8.35. The van der Waals surface area contributed by atoms with Gasteiger partial charge in [-0.2, -0.15) is 0 Å². The molecule has 118 valence electrons. The lowest BCUT2D eigenvalue weighted by Crippen LogP contribution is -2.49. The molecule has 0 radical (unpaired) electrons. The van der Waals surface area contributed by atoms with Crippen LogP contribution in [0.1, 0.15) is 39.2 Å². The average Bonchev–Trinajstić information content (AvgIpc) is 2.55. The molecule has 1 aromatic heterocycles. The molecule has 0 aromatic carbocycles. The van der Waals surface area contributed by atoms with E-state index in [0.717, 1.165) is 26.2 Å². The van der Waals surface area contributed by atoms with Gasteiger partial charge in [-0.05, 0) is 32.4 Å². The normalized spacial score (nSPS) is 18.0. The maximum Gasteiger partial charge on any atom is 0.0443 e. The van der Waals surface area contributed by atoms with Crippen molar-refractivity contribution in [3.63, 3.8) is 0 Å². The minimum absolute atomic E-state index is 0.704. The first kappa shape index (κ1) is 16.2. The molecule has 1 atom stereocenters. The summed E-state index contributed by atoms with van der Waals surface area (Å²) in [6.45, 7) is 13.4. The van der Waals surface area contributed by atoms with Crippen LogP contribution < -0.4 is 10.2 Å². The topological polar surface area (TPSA) is 31.4 Å². The Hall–Kier alpha value is -1.13. The Kier molecular flexibility index (Phi) is 6.46. The largest absolute Gasteiger partial charge is 0.369 e. The highest BCUT2D eigenvalue weighted by atomic mass is 15.3. The van der Waals surface area contributed by atoms with E-state index >= 15 is 0 Å². The van der Waals surface area contributed by atoms with Crippen LogP contribution in [0.2, 0.25) is 0 Å². The maximum atomic E-state index is 4.30. The van der Waals surface area contributed by atoms with E-state index in [2.05, 4.69) is 46.9 Å². The molecule has 1 aliphatic rings. The van der Waals surface area contributed by atoms with E-state index in [1.165, 1.54) is 37.2 Å². The van der Waals surface area contributed by atoms with Crippen LogP contribution in [0, 0.1) is 0 Å². The van der Waals surface area contributed by atoms with Crippen molar-refractivity contribution in [2.45, 2.75) is 46.2 Å². The summed E-state index contributed by atoms with van der Waals surface area (Å²) in [5.41, 5.74) is 2.68. The van der Waals surface area contributed by atoms with Gasteiger partial charge in [0.1, 0.15) is 0 Å². The third-order valence-corrected chi connectivity index (χ3v) is 4.49. The molecule has 0 spiro atoms. The first-order chi connectivity index (χ1) is 10.3. The van der Waals surface area contributed by atoms with E-state index in [1.807, 2.05) is 12.4 Å². The number of piperazine rings is 1. The number of hydrogen-bond acceptors (Lipinski definition) is 4. The van der Waals surface area contributed by atoms with Crippen LogP contribution >= 0.6 is 0 Å². The molecule has 2 heterocycles. The minimum atomic E-state index is 0.704. The lowest BCUT2D eigenvalue weighted by molar-refractivity contribution is 0.192. The summed E-state index contributed by atoms with van der Waals surface area (Å²) >= 11 is 0. The van der Waals surface area contributed by atoms with Gasteiger partial charge < -0.3 is 10.2 Å². The highest BCUT2D eigenvalue weighted by molar-refractivity contribution is 5.52. The van der Waals surface area contributed by atoms with Crippen molar-refractivity contribution in [2.24, 2.45) is 0 Å². The second-order valence-electron chi connectivity index (χ2n) is 5.96. The molecule has 0 bridgehead atoms. The summed E-state index contributed by atoms with van der Waals surface area (Å²) < 4.78 is 0. The van der Waals surface area contributed by atoms with Gasteiger partial charge in [-0.3, -0.25) is 9.88 Å². The number of pyridine rings is 1. The second-order valence-corrected chi connectivity index (χ2v) is 5.96. The lowest BCUT2D eigenvalue weighted by Gasteiger charge is -2.39. The fourth-order valence-corrected chi connectivity index (χ4v) is 2.93. The predicted octanol–water partition coefficient (Wildman–Crippen LogP) is 2.50. The summed E-state index contributed by atoms with van der Waals surface area (Å²) in [5.74, 6) is 0. The van der Waals surface area contributed by atoms with Crippen LogP contribution in [0.25, 0.3) is 0 Å². The number of rotatable bonds is 7. The smallest absolute Gasteiger partial charge is 0.0443 e. The van der Waals surface area contributed by atoms with E-state index in [-0.39, 0.29) is 0 Å². The molecule has 4 nitrogen and oxygen atoms in total. The number of nitrogens with one attached hydrogen (secondary N) is 1. The molecule has 0 saturated carbocycles. The average molecular weight is 290 g/mol. The van der Waals surface area contributed by atoms with Crippen molar-refractivity contribution in [3.8, 4) is 0 Å². The van der Waals surface area contributed by atoms with Gasteiger partial charge in [0.2, 0.25) is 0 Å². The Labute approximate surface area is 129 Å². The maximum absolute atomic E-state index is 4.30. The highest BCUT2D eigenvalue weighted by Gasteiger charge is 2.21. The van der Waals surface area contributed by atoms with Crippen molar-refractivity contribution in [3.05, 3.63) is 24.0 Å². The van der Waals surface area contributed by atoms with Crippen LogP contribution in [0.15, 0.2) is 18.5 Å². The molecule has 1 fully saturated rings. The molecule has 1 unspecified atom stereocenters. The molecular formula is C17H30N4. The molecule has 2 rings (SSSR count). The number of nitrogens with zero attached hydrogens (tertiary/aromatic N) is 3. The Morgan fingerprint density at radius 3 is 2.67 bits per heavy atom. The fourth-order valence-electron chi connectivity index (χ4n) is 2.93. The third-order valence-electron chi connectivity index (χ3n) is 4.49. The molecule has 1 N–H and O–H groups in total. The molecule has 0 aliphatic carbocycles. The van der Waals surface area contributed by atoms with Crippen molar-refractivity contribution in [1.29, 1.82) is 0 Å². The van der Waals surface area contributed by atoms with Gasteiger partial charge in [-0.15, -0.1) is 0 Å². The summed E-state index contributed by atoms with van der Waals surface area (Å²) in [5, 5.41) is 3.49. The van der Waals surface area contributed by atoms with Crippen molar-refractivity contribution < 1.29 is 0 Å². The summed E-state index contributed by atoms with van der Waals surface area (Å²) in [6.07, 6.45) is 6.34. The summed E-state index contributed by atoms with van der Waals surface area (Å²) in [7, 11) is 0. The van der Waals surface area contributed by atoms with Crippen LogP contribution in [0.5, 0.6) is 0 Å². The van der Waals surface area contributed by atoms with Gasteiger partial charge in [-0.25, -0.2) is 0 Å². The Bertz CT molecular complexity index is 413. The summed E-state index contributed by atoms with van der Waals surface area (Å²) in [6, 6.07) is 2.87. The molecule has 0 amide bonds. The SMILES string of the molecule is CCCNCc1cnccc1N1CCN(C(C)CC)CC1. The zero-order valence-electron chi connectivity index (χ0n) is 13.8. The van der Waals surface area contributed by atoms with Crippen molar-refractivity contribution in [1.82, 2.24) is 15.2 Å². The lowest BCUT2D eigenvalue weighted by atomic mass is 10.1.